The summed E-state index contributed by atoms with van der Waals surface area (Å²) in [4.78, 5) is 12.7. The maximum absolute atomic E-state index is 12.7. The van der Waals surface area contributed by atoms with Gasteiger partial charge in [0.25, 0.3) is 0 Å². The number of esters is 1. The molecule has 204 valence electrons. The molecule has 1 unspecified atom stereocenters. The van der Waals surface area contributed by atoms with Gasteiger partial charge in [-0.3, -0.25) is 0 Å². The van der Waals surface area contributed by atoms with Crippen molar-refractivity contribution in [2.24, 2.45) is 11.8 Å². The van der Waals surface area contributed by atoms with Gasteiger partial charge >= 0.3 is 5.97 Å². The van der Waals surface area contributed by atoms with Gasteiger partial charge in [0, 0.05) is 12.5 Å². The third-order valence-corrected chi connectivity index (χ3v) is 7.82. The molecule has 3 aliphatic heterocycles. The maximum Gasteiger partial charge on any atom is 0.330 e. The van der Waals surface area contributed by atoms with E-state index in [1.807, 2.05) is 12.2 Å². The Morgan fingerprint density at radius 3 is 2.81 bits per heavy atom. The summed E-state index contributed by atoms with van der Waals surface area (Å²) >= 11 is 0. The summed E-state index contributed by atoms with van der Waals surface area (Å²) in [5.74, 6) is 0.181. The molecular weight excluding hydrogens is 468 g/mol. The van der Waals surface area contributed by atoms with Crippen LogP contribution in [0.5, 0.6) is 0 Å². The van der Waals surface area contributed by atoms with Crippen molar-refractivity contribution in [2.75, 3.05) is 0 Å². The minimum atomic E-state index is -0.957. The molecule has 1 fully saturated rings. The minimum Gasteiger partial charge on any atom is -0.456 e. The van der Waals surface area contributed by atoms with E-state index in [1.54, 1.807) is 12.2 Å². The fourth-order valence-corrected chi connectivity index (χ4v) is 5.87. The number of cyclic esters (lactones) is 1. The Morgan fingerprint density at radius 1 is 1.16 bits per heavy atom. The highest BCUT2D eigenvalue weighted by atomic mass is 16.6. The van der Waals surface area contributed by atoms with Crippen molar-refractivity contribution >= 4 is 5.97 Å². The summed E-state index contributed by atoms with van der Waals surface area (Å²) in [5, 5.41) is 21.7. The molecule has 0 aromatic carbocycles. The van der Waals surface area contributed by atoms with Gasteiger partial charge < -0.3 is 24.4 Å². The van der Waals surface area contributed by atoms with Crippen LogP contribution in [0.1, 0.15) is 71.6 Å². The molecule has 2 bridgehead atoms. The number of epoxide rings is 1. The van der Waals surface area contributed by atoms with E-state index in [9.17, 15) is 15.0 Å². The average molecular weight is 513 g/mol. The number of aliphatic hydroxyl groups is 2. The Labute approximate surface area is 221 Å². The van der Waals surface area contributed by atoms with E-state index in [1.165, 1.54) is 11.6 Å². The van der Waals surface area contributed by atoms with Crippen molar-refractivity contribution in [3.63, 3.8) is 0 Å². The van der Waals surface area contributed by atoms with Gasteiger partial charge in [0.15, 0.2) is 0 Å². The number of ether oxygens (including phenoxy) is 3. The van der Waals surface area contributed by atoms with Gasteiger partial charge in [-0.25, -0.2) is 4.79 Å². The van der Waals surface area contributed by atoms with Crippen LogP contribution in [-0.4, -0.2) is 58.9 Å². The number of carbonyl (C=O) groups excluding carboxylic acids is 1. The highest BCUT2D eigenvalue weighted by molar-refractivity contribution is 5.82. The lowest BCUT2D eigenvalue weighted by Gasteiger charge is -2.28. The van der Waals surface area contributed by atoms with Crippen LogP contribution in [-0.2, 0) is 19.0 Å². The number of aliphatic hydroxyl groups excluding tert-OH is 2. The van der Waals surface area contributed by atoms with Crippen molar-refractivity contribution < 1.29 is 29.2 Å². The largest absolute Gasteiger partial charge is 0.456 e. The van der Waals surface area contributed by atoms with Crippen molar-refractivity contribution in [3.8, 4) is 0 Å². The van der Waals surface area contributed by atoms with E-state index in [0.717, 1.165) is 44.1 Å². The van der Waals surface area contributed by atoms with E-state index in [4.69, 9.17) is 14.2 Å². The summed E-state index contributed by atoms with van der Waals surface area (Å²) in [6, 6.07) is 0. The lowest BCUT2D eigenvalue weighted by Crippen LogP contribution is -2.32. The molecule has 0 aromatic rings. The van der Waals surface area contributed by atoms with Crippen LogP contribution in [0.4, 0.5) is 0 Å². The van der Waals surface area contributed by atoms with Crippen molar-refractivity contribution in [1.82, 2.24) is 0 Å². The van der Waals surface area contributed by atoms with Crippen LogP contribution < -0.4 is 0 Å². The van der Waals surface area contributed by atoms with Crippen molar-refractivity contribution in [2.45, 2.75) is 114 Å². The van der Waals surface area contributed by atoms with Crippen molar-refractivity contribution in [1.29, 1.82) is 0 Å². The van der Waals surface area contributed by atoms with Gasteiger partial charge in [-0.2, -0.15) is 0 Å². The molecule has 37 heavy (non-hydrogen) atoms. The van der Waals surface area contributed by atoms with Crippen LogP contribution in [0.25, 0.3) is 0 Å². The second-order valence-electron chi connectivity index (χ2n) is 11.5. The minimum absolute atomic E-state index is 0.0733. The molecule has 0 saturated carbocycles. The lowest BCUT2D eigenvalue weighted by molar-refractivity contribution is -0.148. The predicted octanol–water partition coefficient (Wildman–Crippen LogP) is 5.12. The molecule has 1 saturated heterocycles. The van der Waals surface area contributed by atoms with Crippen LogP contribution in [0, 0.1) is 11.8 Å². The molecular formula is C31H44O6. The predicted molar refractivity (Wildman–Crippen MR) is 144 cm³/mol. The Morgan fingerprint density at radius 2 is 2.00 bits per heavy atom. The first-order chi connectivity index (χ1) is 17.8. The highest BCUT2D eigenvalue weighted by Gasteiger charge is 2.46. The van der Waals surface area contributed by atoms with Crippen LogP contribution in [0.2, 0.25) is 0 Å². The molecule has 3 heterocycles. The van der Waals surface area contributed by atoms with E-state index >= 15 is 0 Å². The summed E-state index contributed by atoms with van der Waals surface area (Å²) in [6.07, 6.45) is 17.8. The van der Waals surface area contributed by atoms with Crippen LogP contribution >= 0.6 is 0 Å². The first-order valence-electron chi connectivity index (χ1n) is 14.0. The van der Waals surface area contributed by atoms with E-state index in [-0.39, 0.29) is 30.3 Å². The summed E-state index contributed by atoms with van der Waals surface area (Å²) in [6.45, 7) is 8.53. The summed E-state index contributed by atoms with van der Waals surface area (Å²) < 4.78 is 17.7. The van der Waals surface area contributed by atoms with Gasteiger partial charge in [-0.1, -0.05) is 61.1 Å². The average Bonchev–Trinajstić information content (AvgIpc) is 3.61. The summed E-state index contributed by atoms with van der Waals surface area (Å²) in [5.41, 5.74) is 2.37. The Hall–Kier alpha value is -1.99. The topological polar surface area (TPSA) is 88.5 Å². The Kier molecular flexibility index (Phi) is 9.99. The molecule has 0 radical (unpaired) electrons. The third kappa shape index (κ3) is 8.78. The lowest BCUT2D eigenvalue weighted by atomic mass is 9.90. The van der Waals surface area contributed by atoms with Crippen LogP contribution in [0.15, 0.2) is 60.3 Å². The SMILES string of the molecule is C=C1C[C@H](C)C[C@@H]2CC=C[C@@H](C/C=C\C(=O)O[C@H]([C@@H](O)/C=C/C3C=C(C)CCC3)C[C@@H]3O[C@H]3[C@@H](O)C1)O2. The third-order valence-electron chi connectivity index (χ3n) is 7.82. The molecule has 6 nitrogen and oxygen atoms in total. The van der Waals surface area contributed by atoms with E-state index in [2.05, 4.69) is 32.6 Å². The second-order valence-corrected chi connectivity index (χ2v) is 11.5. The maximum atomic E-state index is 12.7. The molecule has 1 aliphatic carbocycles. The molecule has 0 amide bonds. The highest BCUT2D eigenvalue weighted by Crippen LogP contribution is 2.35. The normalized spacial score (nSPS) is 39.6. The van der Waals surface area contributed by atoms with Gasteiger partial charge in [-0.05, 0) is 70.1 Å². The number of carbonyl (C=O) groups is 1. The molecule has 0 spiro atoms. The van der Waals surface area contributed by atoms with Crippen LogP contribution in [0.3, 0.4) is 0 Å². The molecule has 6 heteroatoms. The second kappa shape index (κ2) is 13.2. The Balaban J connectivity index is 1.45. The number of fused-ring (bicyclic) bond motifs is 3. The fourth-order valence-electron chi connectivity index (χ4n) is 5.87. The molecule has 0 aromatic heterocycles. The number of allylic oxidation sites excluding steroid dienone is 3. The standard InChI is InChI=1S/C31H44O6/c1-20-7-4-8-23(16-20)13-14-26(32)28-19-29-31(37-29)27(33)18-22(3)15-21(2)17-25-11-5-9-24(35-25)10-6-12-30(34)36-28/h5-6,9,12-14,16,21,23-29,31-33H,3-4,7-8,10-11,15,17-19H2,1-2H3/b12-6-,14-13+/t21-,23?,24-,25-,26-,27-,28-,29-,31-/m0/s1. The smallest absolute Gasteiger partial charge is 0.330 e. The van der Waals surface area contributed by atoms with Crippen molar-refractivity contribution in [3.05, 3.63) is 60.3 Å². The zero-order chi connectivity index (χ0) is 26.4. The molecule has 2 N–H and O–H groups in total. The molecule has 9 atom stereocenters. The Bertz CT molecular complexity index is 917. The van der Waals surface area contributed by atoms with E-state index in [0.29, 0.717) is 25.2 Å². The van der Waals surface area contributed by atoms with Gasteiger partial charge in [0.1, 0.15) is 18.3 Å². The number of hydrogen-bond donors (Lipinski definition) is 2. The van der Waals surface area contributed by atoms with Gasteiger partial charge in [0.2, 0.25) is 0 Å². The quantitative estimate of drug-likeness (QED) is 0.310. The summed E-state index contributed by atoms with van der Waals surface area (Å²) in [7, 11) is 0. The number of rotatable bonds is 3. The van der Waals surface area contributed by atoms with E-state index < -0.39 is 24.3 Å². The first-order valence-corrected chi connectivity index (χ1v) is 14.0. The molecule has 4 rings (SSSR count). The first kappa shape index (κ1) is 28.0. The fraction of sp³-hybridized carbons (Fsp3) is 0.645. The number of hydrogen-bond acceptors (Lipinski definition) is 6. The monoisotopic (exact) mass is 512 g/mol. The van der Waals surface area contributed by atoms with Gasteiger partial charge in [-0.15, -0.1) is 0 Å². The van der Waals surface area contributed by atoms with Gasteiger partial charge in [0.05, 0.1) is 24.4 Å². The zero-order valence-corrected chi connectivity index (χ0v) is 22.3. The molecule has 4 aliphatic rings. The zero-order valence-electron chi connectivity index (χ0n) is 22.3.